The largest absolute Gasteiger partial charge is 0.382 e. The van der Waals surface area contributed by atoms with Crippen molar-refractivity contribution in [3.05, 3.63) is 82.0 Å². The molecule has 0 bridgehead atoms. The van der Waals surface area contributed by atoms with Crippen LogP contribution in [0.1, 0.15) is 30.1 Å². The molecule has 0 saturated heterocycles. The molecule has 2 aromatic carbocycles. The van der Waals surface area contributed by atoms with E-state index in [-0.39, 0.29) is 34.5 Å². The van der Waals surface area contributed by atoms with Gasteiger partial charge in [-0.05, 0) is 48.4 Å². The number of nitriles is 1. The number of nitrogens with two attached hydrogens (primary N) is 2. The maximum atomic E-state index is 14.7. The van der Waals surface area contributed by atoms with Gasteiger partial charge in [-0.15, -0.1) is 0 Å². The second kappa shape index (κ2) is 7.91. The maximum Gasteiger partial charge on any atom is 0.266 e. The summed E-state index contributed by atoms with van der Waals surface area (Å²) < 4.78 is 16.2. The van der Waals surface area contributed by atoms with Crippen molar-refractivity contribution in [3.8, 4) is 11.8 Å². The molecule has 0 unspecified atom stereocenters. The van der Waals surface area contributed by atoms with Crippen LogP contribution < -0.4 is 22.3 Å². The molecule has 1 atom stereocenters. The van der Waals surface area contributed by atoms with E-state index in [1.54, 1.807) is 24.3 Å². The fourth-order valence-corrected chi connectivity index (χ4v) is 4.13. The molecule has 0 radical (unpaired) electrons. The van der Waals surface area contributed by atoms with Gasteiger partial charge in [0.2, 0.25) is 5.95 Å². The van der Waals surface area contributed by atoms with Gasteiger partial charge in [0.1, 0.15) is 23.3 Å². The monoisotopic (exact) mass is 441 g/mol. The highest BCUT2D eigenvalue weighted by Gasteiger charge is 2.36. The summed E-state index contributed by atoms with van der Waals surface area (Å²) in [5.41, 5.74) is 12.5. The van der Waals surface area contributed by atoms with E-state index in [9.17, 15) is 14.4 Å². The predicted octanol–water partition coefficient (Wildman–Crippen LogP) is 3.52. The minimum atomic E-state index is -0.576. The van der Waals surface area contributed by atoms with Crippen molar-refractivity contribution in [1.82, 2.24) is 14.5 Å². The van der Waals surface area contributed by atoms with E-state index in [4.69, 9.17) is 11.5 Å². The molecule has 5 rings (SSSR count). The number of para-hydroxylation sites is 1. The van der Waals surface area contributed by atoms with Crippen LogP contribution in [0.5, 0.6) is 0 Å². The number of halogens is 1. The molecule has 164 valence electrons. The molecule has 0 aliphatic heterocycles. The number of nitrogens with one attached hydrogen (secondary N) is 1. The first-order valence-corrected chi connectivity index (χ1v) is 10.5. The molecule has 1 aliphatic carbocycles. The van der Waals surface area contributed by atoms with Crippen LogP contribution in [0.15, 0.2) is 59.4 Å². The molecule has 8 nitrogen and oxygen atoms in total. The van der Waals surface area contributed by atoms with Gasteiger partial charge in [-0.25, -0.2) is 4.39 Å². The van der Waals surface area contributed by atoms with Crippen molar-refractivity contribution in [3.63, 3.8) is 0 Å². The third-order valence-corrected chi connectivity index (χ3v) is 5.81. The van der Waals surface area contributed by atoms with E-state index in [1.165, 1.54) is 10.6 Å². The highest BCUT2D eigenvalue weighted by atomic mass is 19.1. The third-order valence-electron chi connectivity index (χ3n) is 5.81. The number of pyridine rings is 1. The molecule has 2 aromatic heterocycles. The summed E-state index contributed by atoms with van der Waals surface area (Å²) in [6.07, 6.45) is 1.83. The lowest BCUT2D eigenvalue weighted by Crippen LogP contribution is -2.28. The molecular formula is C24H20FN7O. The van der Waals surface area contributed by atoms with Crippen LogP contribution in [0.3, 0.4) is 0 Å². The van der Waals surface area contributed by atoms with E-state index < -0.39 is 17.4 Å². The number of anilines is 3. The van der Waals surface area contributed by atoms with Crippen LogP contribution in [0, 0.1) is 23.1 Å². The Bertz CT molecular complexity index is 1470. The Hall–Kier alpha value is -4.45. The Kier molecular flexibility index (Phi) is 4.90. The van der Waals surface area contributed by atoms with E-state index in [1.807, 2.05) is 30.3 Å². The molecule has 33 heavy (non-hydrogen) atoms. The molecule has 1 saturated carbocycles. The lowest BCUT2D eigenvalue weighted by atomic mass is 10.0. The number of rotatable bonds is 5. The van der Waals surface area contributed by atoms with Crippen LogP contribution >= 0.6 is 0 Å². The van der Waals surface area contributed by atoms with Crippen molar-refractivity contribution in [2.75, 3.05) is 16.8 Å². The Morgan fingerprint density at radius 2 is 1.88 bits per heavy atom. The van der Waals surface area contributed by atoms with Crippen molar-refractivity contribution in [2.45, 2.75) is 18.9 Å². The van der Waals surface area contributed by atoms with Gasteiger partial charge in [0.15, 0.2) is 5.82 Å². The zero-order valence-electron chi connectivity index (χ0n) is 17.5. The first kappa shape index (κ1) is 20.5. The molecule has 4 aromatic rings. The summed E-state index contributed by atoms with van der Waals surface area (Å²) >= 11 is 0. The van der Waals surface area contributed by atoms with Crippen molar-refractivity contribution >= 4 is 28.4 Å². The summed E-state index contributed by atoms with van der Waals surface area (Å²) in [6, 6.07) is 17.1. The Balaban J connectivity index is 1.76. The number of nitrogen functional groups attached to an aromatic ring is 2. The summed E-state index contributed by atoms with van der Waals surface area (Å²) in [5, 5.41) is 13.4. The molecule has 0 amide bonds. The fourth-order valence-electron chi connectivity index (χ4n) is 4.13. The number of aromatic nitrogens is 3. The summed E-state index contributed by atoms with van der Waals surface area (Å²) in [5.74, 6) is -0.291. The molecule has 1 aliphatic rings. The van der Waals surface area contributed by atoms with E-state index in [0.717, 1.165) is 12.8 Å². The van der Waals surface area contributed by atoms with Crippen molar-refractivity contribution in [1.29, 1.82) is 5.26 Å². The number of nitrogens with zero attached hydrogens (tertiary/aromatic N) is 4. The molecule has 1 fully saturated rings. The zero-order valence-corrected chi connectivity index (χ0v) is 17.5. The van der Waals surface area contributed by atoms with Gasteiger partial charge in [0.05, 0.1) is 11.4 Å². The topological polar surface area (TPSA) is 136 Å². The van der Waals surface area contributed by atoms with Gasteiger partial charge >= 0.3 is 0 Å². The molecule has 0 spiro atoms. The molecule has 2 heterocycles. The van der Waals surface area contributed by atoms with Crippen LogP contribution in [0.25, 0.3) is 16.5 Å². The van der Waals surface area contributed by atoms with Gasteiger partial charge in [-0.2, -0.15) is 15.2 Å². The average molecular weight is 441 g/mol. The second-order valence-electron chi connectivity index (χ2n) is 8.01. The number of benzene rings is 2. The smallest absolute Gasteiger partial charge is 0.266 e. The van der Waals surface area contributed by atoms with E-state index in [2.05, 4.69) is 15.3 Å². The molecule has 9 heteroatoms. The highest BCUT2D eigenvalue weighted by molar-refractivity contribution is 5.83. The standard InChI is InChI=1S/C24H20FN7O/c25-17-8-4-5-14-11-18(32(23(33)19(14)17)15-6-2-1-3-7-15)20(13-9-10-13)29-22-16(12-26)21(27)30-24(28)31-22/h1-8,11,13,20H,9-10H2,(H5,27,28,29,30,31)/t20-/m0/s1. The normalized spacial score (nSPS) is 14.1. The Labute approximate surface area is 188 Å². The summed E-state index contributed by atoms with van der Waals surface area (Å²) in [4.78, 5) is 21.6. The number of fused-ring (bicyclic) bond motifs is 1. The molecule has 5 N–H and O–H groups in total. The number of hydrogen-bond acceptors (Lipinski definition) is 7. The van der Waals surface area contributed by atoms with Gasteiger partial charge in [0, 0.05) is 11.4 Å². The first-order valence-electron chi connectivity index (χ1n) is 10.5. The number of hydrogen-bond donors (Lipinski definition) is 3. The van der Waals surface area contributed by atoms with Gasteiger partial charge in [-0.3, -0.25) is 9.36 Å². The van der Waals surface area contributed by atoms with Gasteiger partial charge in [-0.1, -0.05) is 30.3 Å². The second-order valence-corrected chi connectivity index (χ2v) is 8.01. The van der Waals surface area contributed by atoms with Gasteiger partial charge < -0.3 is 16.8 Å². The van der Waals surface area contributed by atoms with Crippen molar-refractivity contribution in [2.24, 2.45) is 5.92 Å². The van der Waals surface area contributed by atoms with E-state index in [0.29, 0.717) is 16.8 Å². The maximum absolute atomic E-state index is 14.7. The molecular weight excluding hydrogens is 421 g/mol. The van der Waals surface area contributed by atoms with Crippen LogP contribution in [-0.2, 0) is 0 Å². The average Bonchev–Trinajstić information content (AvgIpc) is 3.63. The fraction of sp³-hybridized carbons (Fsp3) is 0.167. The van der Waals surface area contributed by atoms with Crippen molar-refractivity contribution < 1.29 is 4.39 Å². The SMILES string of the molecule is N#Cc1c(N)nc(N)nc1N[C@H](c1cc2cccc(F)c2c(=O)n1-c1ccccc1)C1CC1. The van der Waals surface area contributed by atoms with E-state index >= 15 is 0 Å². The highest BCUT2D eigenvalue weighted by Crippen LogP contribution is 2.44. The Morgan fingerprint density at radius 3 is 2.58 bits per heavy atom. The lowest BCUT2D eigenvalue weighted by molar-refractivity contribution is 0.624. The van der Waals surface area contributed by atoms with Crippen LogP contribution in [-0.4, -0.2) is 14.5 Å². The predicted molar refractivity (Wildman–Crippen MR) is 124 cm³/mol. The zero-order chi connectivity index (χ0) is 23.1. The van der Waals surface area contributed by atoms with Crippen LogP contribution in [0.2, 0.25) is 0 Å². The Morgan fingerprint density at radius 1 is 1.12 bits per heavy atom. The minimum absolute atomic E-state index is 0.0212. The third kappa shape index (κ3) is 3.61. The van der Waals surface area contributed by atoms with Crippen LogP contribution in [0.4, 0.5) is 22.0 Å². The summed E-state index contributed by atoms with van der Waals surface area (Å²) in [6.45, 7) is 0. The first-order chi connectivity index (χ1) is 16.0. The van der Waals surface area contributed by atoms with Gasteiger partial charge in [0.25, 0.3) is 5.56 Å². The minimum Gasteiger partial charge on any atom is -0.382 e. The quantitative estimate of drug-likeness (QED) is 0.431. The lowest BCUT2D eigenvalue weighted by Gasteiger charge is -2.25. The summed E-state index contributed by atoms with van der Waals surface area (Å²) in [7, 11) is 0.